The lowest BCUT2D eigenvalue weighted by Gasteiger charge is -2.26. The highest BCUT2D eigenvalue weighted by atomic mass is 16.3. The van der Waals surface area contributed by atoms with E-state index in [2.05, 4.69) is 10.3 Å². The topological polar surface area (TPSA) is 103 Å². The molecule has 1 heterocycles. The molecule has 0 bridgehead atoms. The fourth-order valence-corrected chi connectivity index (χ4v) is 2.97. The number of aromatic hydroxyl groups is 1. The number of hydrogen-bond donors (Lipinski definition) is 3. The van der Waals surface area contributed by atoms with Crippen molar-refractivity contribution in [1.29, 1.82) is 0 Å². The second-order valence-corrected chi connectivity index (χ2v) is 6.74. The Hall–Kier alpha value is -3.71. The third kappa shape index (κ3) is 5.65. The van der Waals surface area contributed by atoms with Crippen molar-refractivity contribution in [3.8, 4) is 5.75 Å². The summed E-state index contributed by atoms with van der Waals surface area (Å²) < 4.78 is 0. The largest absolute Gasteiger partial charge is 0.505 e. The molecular weight excluding hydrogens is 382 g/mol. The first-order valence-electron chi connectivity index (χ1n) is 9.51. The van der Waals surface area contributed by atoms with Gasteiger partial charge in [0.1, 0.15) is 5.75 Å². The Kier molecular flexibility index (Phi) is 7.13. The molecule has 7 heteroatoms. The average Bonchev–Trinajstić information content (AvgIpc) is 2.78. The predicted octanol–water partition coefficient (Wildman–Crippen LogP) is 2.28. The van der Waals surface area contributed by atoms with E-state index in [0.29, 0.717) is 5.56 Å². The zero-order valence-electron chi connectivity index (χ0n) is 16.3. The van der Waals surface area contributed by atoms with E-state index in [1.54, 1.807) is 12.1 Å². The van der Waals surface area contributed by atoms with Crippen LogP contribution in [0.5, 0.6) is 5.75 Å². The standard InChI is InChI=1S/C23H23N3O4/c27-19-12-7-13-24-22(19)23(30)25-14-21(29)26(15-17-8-3-1-4-9-17)16-20(28)18-10-5-2-6-11-18/h1-13,20,27-28H,14-16H2,(H,25,30). The van der Waals surface area contributed by atoms with Crippen molar-refractivity contribution in [3.63, 3.8) is 0 Å². The summed E-state index contributed by atoms with van der Waals surface area (Å²) >= 11 is 0. The van der Waals surface area contributed by atoms with Crippen molar-refractivity contribution in [3.05, 3.63) is 95.8 Å². The molecule has 2 amide bonds. The van der Waals surface area contributed by atoms with Gasteiger partial charge in [-0.3, -0.25) is 9.59 Å². The first kappa shape index (κ1) is 21.0. The Morgan fingerprint density at radius 3 is 2.30 bits per heavy atom. The Bertz CT molecular complexity index is 980. The Morgan fingerprint density at radius 1 is 0.967 bits per heavy atom. The molecule has 2 aromatic carbocycles. The molecule has 30 heavy (non-hydrogen) atoms. The summed E-state index contributed by atoms with van der Waals surface area (Å²) in [6.07, 6.45) is 0.517. The molecule has 0 spiro atoms. The minimum atomic E-state index is -0.866. The highest BCUT2D eigenvalue weighted by molar-refractivity contribution is 5.96. The highest BCUT2D eigenvalue weighted by Crippen LogP contribution is 2.16. The number of nitrogens with one attached hydrogen (secondary N) is 1. The summed E-state index contributed by atoms with van der Waals surface area (Å²) in [5, 5.41) is 22.8. The molecule has 0 aliphatic rings. The Labute approximate surface area is 174 Å². The number of aliphatic hydroxyl groups is 1. The lowest BCUT2D eigenvalue weighted by molar-refractivity contribution is -0.132. The molecule has 0 aliphatic carbocycles. The number of nitrogens with zero attached hydrogens (tertiary/aromatic N) is 2. The highest BCUT2D eigenvalue weighted by Gasteiger charge is 2.21. The van der Waals surface area contributed by atoms with Gasteiger partial charge in [0, 0.05) is 12.7 Å². The summed E-state index contributed by atoms with van der Waals surface area (Å²) in [5.74, 6) is -1.27. The van der Waals surface area contributed by atoms with E-state index < -0.39 is 12.0 Å². The molecule has 0 saturated carbocycles. The smallest absolute Gasteiger partial charge is 0.274 e. The van der Waals surface area contributed by atoms with Crippen LogP contribution >= 0.6 is 0 Å². The molecule has 0 fully saturated rings. The van der Waals surface area contributed by atoms with Crippen molar-refractivity contribution in [1.82, 2.24) is 15.2 Å². The summed E-state index contributed by atoms with van der Waals surface area (Å²) in [6.45, 7) is 0.0694. The molecule has 7 nitrogen and oxygen atoms in total. The summed E-state index contributed by atoms with van der Waals surface area (Å²) in [6, 6.07) is 21.3. The second-order valence-electron chi connectivity index (χ2n) is 6.74. The van der Waals surface area contributed by atoms with Gasteiger partial charge in [0.2, 0.25) is 5.91 Å². The molecule has 0 radical (unpaired) electrons. The normalized spacial score (nSPS) is 11.5. The van der Waals surface area contributed by atoms with Gasteiger partial charge < -0.3 is 20.4 Å². The van der Waals surface area contributed by atoms with E-state index in [9.17, 15) is 19.8 Å². The third-order valence-electron chi connectivity index (χ3n) is 4.55. The second kappa shape index (κ2) is 10.2. The molecule has 1 unspecified atom stereocenters. The molecule has 3 N–H and O–H groups in total. The number of hydrogen-bond acceptors (Lipinski definition) is 5. The van der Waals surface area contributed by atoms with Crippen LogP contribution in [0.4, 0.5) is 0 Å². The maximum atomic E-state index is 12.9. The van der Waals surface area contributed by atoms with Gasteiger partial charge in [0.15, 0.2) is 5.69 Å². The SMILES string of the molecule is O=C(NCC(=O)N(Cc1ccccc1)CC(O)c1ccccc1)c1ncccc1O. The van der Waals surface area contributed by atoms with E-state index in [1.165, 1.54) is 23.2 Å². The number of amides is 2. The molecule has 154 valence electrons. The van der Waals surface area contributed by atoms with Crippen LogP contribution in [0.2, 0.25) is 0 Å². The van der Waals surface area contributed by atoms with Crippen molar-refractivity contribution >= 4 is 11.8 Å². The maximum Gasteiger partial charge on any atom is 0.274 e. The Balaban J connectivity index is 1.69. The van der Waals surface area contributed by atoms with Gasteiger partial charge in [0.25, 0.3) is 5.91 Å². The van der Waals surface area contributed by atoms with E-state index in [1.807, 2.05) is 48.5 Å². The maximum absolute atomic E-state index is 12.9. The van der Waals surface area contributed by atoms with Crippen molar-refractivity contribution in [2.45, 2.75) is 12.6 Å². The van der Waals surface area contributed by atoms with Crippen LogP contribution in [-0.4, -0.2) is 45.0 Å². The van der Waals surface area contributed by atoms with Crippen molar-refractivity contribution in [2.75, 3.05) is 13.1 Å². The minimum Gasteiger partial charge on any atom is -0.505 e. The number of benzene rings is 2. The molecular formula is C23H23N3O4. The van der Waals surface area contributed by atoms with Crippen LogP contribution < -0.4 is 5.32 Å². The lowest BCUT2D eigenvalue weighted by atomic mass is 10.1. The summed E-state index contributed by atoms with van der Waals surface area (Å²) in [4.78, 5) is 30.4. The fraction of sp³-hybridized carbons (Fsp3) is 0.174. The molecule has 1 atom stereocenters. The van der Waals surface area contributed by atoms with E-state index in [0.717, 1.165) is 5.56 Å². The van der Waals surface area contributed by atoms with Crippen LogP contribution in [-0.2, 0) is 11.3 Å². The van der Waals surface area contributed by atoms with E-state index in [4.69, 9.17) is 0 Å². The van der Waals surface area contributed by atoms with Crippen LogP contribution in [0, 0.1) is 0 Å². The van der Waals surface area contributed by atoms with Crippen LogP contribution in [0.3, 0.4) is 0 Å². The molecule has 1 aromatic heterocycles. The van der Waals surface area contributed by atoms with Crippen LogP contribution in [0.15, 0.2) is 79.0 Å². The number of aromatic nitrogens is 1. The first-order chi connectivity index (χ1) is 14.5. The van der Waals surface area contributed by atoms with Gasteiger partial charge in [-0.05, 0) is 23.3 Å². The molecule has 3 rings (SSSR count). The fourth-order valence-electron chi connectivity index (χ4n) is 2.97. The molecule has 0 saturated heterocycles. The average molecular weight is 405 g/mol. The van der Waals surface area contributed by atoms with E-state index in [-0.39, 0.29) is 37.0 Å². The van der Waals surface area contributed by atoms with Crippen LogP contribution in [0.1, 0.15) is 27.7 Å². The molecule has 0 aliphatic heterocycles. The van der Waals surface area contributed by atoms with Gasteiger partial charge in [0.05, 0.1) is 19.2 Å². The lowest BCUT2D eigenvalue weighted by Crippen LogP contribution is -2.41. The number of pyridine rings is 1. The summed E-state index contributed by atoms with van der Waals surface area (Å²) in [5.41, 5.74) is 1.45. The van der Waals surface area contributed by atoms with Crippen LogP contribution in [0.25, 0.3) is 0 Å². The number of rotatable bonds is 8. The quantitative estimate of drug-likeness (QED) is 0.534. The monoisotopic (exact) mass is 405 g/mol. The van der Waals surface area contributed by atoms with E-state index >= 15 is 0 Å². The molecule has 3 aromatic rings. The van der Waals surface area contributed by atoms with Gasteiger partial charge in [-0.2, -0.15) is 0 Å². The van der Waals surface area contributed by atoms with Crippen molar-refractivity contribution in [2.24, 2.45) is 0 Å². The van der Waals surface area contributed by atoms with Gasteiger partial charge >= 0.3 is 0 Å². The summed E-state index contributed by atoms with van der Waals surface area (Å²) in [7, 11) is 0. The number of carbonyl (C=O) groups excluding carboxylic acids is 2. The third-order valence-corrected chi connectivity index (χ3v) is 4.55. The van der Waals surface area contributed by atoms with Gasteiger partial charge in [-0.1, -0.05) is 60.7 Å². The minimum absolute atomic E-state index is 0.0719. The van der Waals surface area contributed by atoms with Gasteiger partial charge in [-0.25, -0.2) is 4.98 Å². The predicted molar refractivity (Wildman–Crippen MR) is 111 cm³/mol. The zero-order chi connectivity index (χ0) is 21.3. The zero-order valence-corrected chi connectivity index (χ0v) is 16.3. The first-order valence-corrected chi connectivity index (χ1v) is 9.51. The number of aliphatic hydroxyl groups excluding tert-OH is 1. The Morgan fingerprint density at radius 2 is 1.63 bits per heavy atom. The van der Waals surface area contributed by atoms with Gasteiger partial charge in [-0.15, -0.1) is 0 Å². The number of carbonyl (C=O) groups is 2. The van der Waals surface area contributed by atoms with Crippen molar-refractivity contribution < 1.29 is 19.8 Å².